The quantitative estimate of drug-likeness (QED) is 0.882. The Balaban J connectivity index is 1.89. The minimum absolute atomic E-state index is 0.130. The minimum atomic E-state index is -0.848. The molecular formula is C15H15NO3S. The number of aliphatic hydroxyl groups excluding tert-OH is 2. The van der Waals surface area contributed by atoms with Crippen LogP contribution in [0.25, 0.3) is 11.1 Å². The molecule has 1 aliphatic rings. The Morgan fingerprint density at radius 1 is 1.10 bits per heavy atom. The Morgan fingerprint density at radius 3 is 2.40 bits per heavy atom. The van der Waals surface area contributed by atoms with Crippen molar-refractivity contribution in [1.29, 1.82) is 0 Å². The number of nitrogens with zero attached hydrogens (tertiary/aromatic N) is 1. The van der Waals surface area contributed by atoms with Crippen molar-refractivity contribution < 1.29 is 15.0 Å². The van der Waals surface area contributed by atoms with Gasteiger partial charge in [0.2, 0.25) is 0 Å². The van der Waals surface area contributed by atoms with Crippen LogP contribution in [0.5, 0.6) is 0 Å². The number of rotatable bonds is 2. The SMILES string of the molecule is O=C(c1sccc1-c1ccccc1)N1CC(O)C(O)C1. The van der Waals surface area contributed by atoms with Crippen LogP contribution in [0.4, 0.5) is 0 Å². The number of carbonyl (C=O) groups excluding carboxylic acids is 1. The Morgan fingerprint density at radius 2 is 1.75 bits per heavy atom. The smallest absolute Gasteiger partial charge is 0.264 e. The van der Waals surface area contributed by atoms with E-state index >= 15 is 0 Å². The summed E-state index contributed by atoms with van der Waals surface area (Å²) in [5.74, 6) is -0.130. The maximum absolute atomic E-state index is 12.5. The topological polar surface area (TPSA) is 60.8 Å². The van der Waals surface area contributed by atoms with Crippen LogP contribution in [-0.2, 0) is 0 Å². The Bertz CT molecular complexity index is 601. The molecule has 4 nitrogen and oxygen atoms in total. The summed E-state index contributed by atoms with van der Waals surface area (Å²) < 4.78 is 0. The van der Waals surface area contributed by atoms with E-state index in [9.17, 15) is 15.0 Å². The van der Waals surface area contributed by atoms with E-state index in [1.165, 1.54) is 16.2 Å². The third kappa shape index (κ3) is 2.35. The molecule has 1 saturated heterocycles. The highest BCUT2D eigenvalue weighted by atomic mass is 32.1. The van der Waals surface area contributed by atoms with Crippen molar-refractivity contribution >= 4 is 17.2 Å². The van der Waals surface area contributed by atoms with Gasteiger partial charge in [-0.3, -0.25) is 4.79 Å². The molecule has 1 aromatic carbocycles. The van der Waals surface area contributed by atoms with Crippen molar-refractivity contribution in [2.75, 3.05) is 13.1 Å². The third-order valence-electron chi connectivity index (χ3n) is 3.49. The first kappa shape index (κ1) is 13.3. The lowest BCUT2D eigenvalue weighted by Crippen LogP contribution is -2.29. The van der Waals surface area contributed by atoms with Gasteiger partial charge in [-0.25, -0.2) is 0 Å². The number of aliphatic hydroxyl groups is 2. The highest BCUT2D eigenvalue weighted by Gasteiger charge is 2.34. The predicted octanol–water partition coefficient (Wildman–Crippen LogP) is 1.59. The summed E-state index contributed by atoms with van der Waals surface area (Å²) in [5.41, 5.74) is 1.90. The lowest BCUT2D eigenvalue weighted by Gasteiger charge is -2.15. The average molecular weight is 289 g/mol. The standard InChI is InChI=1S/C15H15NO3S/c17-12-8-16(9-13(12)18)15(19)14-11(6-7-20-14)10-4-2-1-3-5-10/h1-7,12-13,17-18H,8-9H2. The van der Waals surface area contributed by atoms with Crippen molar-refractivity contribution in [3.8, 4) is 11.1 Å². The zero-order valence-corrected chi connectivity index (χ0v) is 11.6. The minimum Gasteiger partial charge on any atom is -0.388 e. The van der Waals surface area contributed by atoms with Gasteiger partial charge in [-0.2, -0.15) is 0 Å². The molecule has 20 heavy (non-hydrogen) atoms. The van der Waals surface area contributed by atoms with Crippen molar-refractivity contribution in [1.82, 2.24) is 4.90 Å². The molecule has 1 fully saturated rings. The van der Waals surface area contributed by atoms with Crippen LogP contribution in [0, 0.1) is 0 Å². The fraction of sp³-hybridized carbons (Fsp3) is 0.267. The summed E-state index contributed by atoms with van der Waals surface area (Å²) in [6.45, 7) is 0.373. The number of benzene rings is 1. The van der Waals surface area contributed by atoms with Crippen LogP contribution in [0.15, 0.2) is 41.8 Å². The highest BCUT2D eigenvalue weighted by Crippen LogP contribution is 2.30. The lowest BCUT2D eigenvalue weighted by atomic mass is 10.1. The zero-order chi connectivity index (χ0) is 14.1. The molecule has 0 bridgehead atoms. The zero-order valence-electron chi connectivity index (χ0n) is 10.8. The molecule has 1 amide bonds. The number of thiophene rings is 1. The van der Waals surface area contributed by atoms with Crippen LogP contribution in [0.2, 0.25) is 0 Å². The summed E-state index contributed by atoms with van der Waals surface area (Å²) in [4.78, 5) is 14.7. The van der Waals surface area contributed by atoms with Crippen molar-refractivity contribution in [3.63, 3.8) is 0 Å². The number of amides is 1. The van der Waals surface area contributed by atoms with Gasteiger partial charge in [0.1, 0.15) is 0 Å². The molecule has 2 N–H and O–H groups in total. The number of hydrogen-bond acceptors (Lipinski definition) is 4. The molecule has 2 heterocycles. The first-order valence-electron chi connectivity index (χ1n) is 6.45. The first-order valence-corrected chi connectivity index (χ1v) is 7.33. The van der Waals surface area contributed by atoms with Crippen LogP contribution >= 0.6 is 11.3 Å². The summed E-state index contributed by atoms with van der Waals surface area (Å²) in [6, 6.07) is 11.7. The normalized spacial score (nSPS) is 22.2. The monoisotopic (exact) mass is 289 g/mol. The highest BCUT2D eigenvalue weighted by molar-refractivity contribution is 7.12. The Kier molecular flexibility index (Phi) is 3.56. The van der Waals surface area contributed by atoms with E-state index in [4.69, 9.17) is 0 Å². The second kappa shape index (κ2) is 5.36. The van der Waals surface area contributed by atoms with Gasteiger partial charge in [0.05, 0.1) is 17.1 Å². The maximum Gasteiger partial charge on any atom is 0.264 e. The third-order valence-corrected chi connectivity index (χ3v) is 4.39. The predicted molar refractivity (Wildman–Crippen MR) is 77.7 cm³/mol. The lowest BCUT2D eigenvalue weighted by molar-refractivity contribution is 0.0572. The summed E-state index contributed by atoms with van der Waals surface area (Å²) in [7, 11) is 0. The maximum atomic E-state index is 12.5. The largest absolute Gasteiger partial charge is 0.388 e. The van der Waals surface area contributed by atoms with Gasteiger partial charge in [-0.1, -0.05) is 30.3 Å². The summed E-state index contributed by atoms with van der Waals surface area (Å²) >= 11 is 1.39. The van der Waals surface area contributed by atoms with Crippen molar-refractivity contribution in [2.45, 2.75) is 12.2 Å². The molecular weight excluding hydrogens is 274 g/mol. The molecule has 3 rings (SSSR count). The molecule has 104 valence electrons. The molecule has 0 saturated carbocycles. The molecule has 0 aliphatic carbocycles. The van der Waals surface area contributed by atoms with Crippen LogP contribution < -0.4 is 0 Å². The Hall–Kier alpha value is -1.69. The number of likely N-dealkylation sites (tertiary alicyclic amines) is 1. The second-order valence-corrected chi connectivity index (χ2v) is 5.79. The van der Waals surface area contributed by atoms with E-state index in [0.29, 0.717) is 4.88 Å². The summed E-state index contributed by atoms with van der Waals surface area (Å²) in [5, 5.41) is 21.0. The number of hydrogen-bond donors (Lipinski definition) is 2. The van der Waals surface area contributed by atoms with Crippen molar-refractivity contribution in [2.24, 2.45) is 0 Å². The van der Waals surface area contributed by atoms with Crippen LogP contribution in [0.1, 0.15) is 9.67 Å². The van der Waals surface area contributed by atoms with Gasteiger partial charge >= 0.3 is 0 Å². The molecule has 0 spiro atoms. The van der Waals surface area contributed by atoms with E-state index in [0.717, 1.165) is 11.1 Å². The van der Waals surface area contributed by atoms with Gasteiger partial charge in [-0.05, 0) is 17.0 Å². The molecule has 1 aromatic heterocycles. The van der Waals surface area contributed by atoms with Gasteiger partial charge < -0.3 is 15.1 Å². The average Bonchev–Trinajstić information content (AvgIpc) is 3.07. The van der Waals surface area contributed by atoms with Gasteiger partial charge in [0, 0.05) is 18.7 Å². The molecule has 2 atom stereocenters. The number of β-amino-alcohol motifs (C(OH)–C–C–N with tert-alkyl or cyclic N) is 2. The fourth-order valence-electron chi connectivity index (χ4n) is 2.40. The van der Waals surface area contributed by atoms with Gasteiger partial charge in [0.25, 0.3) is 5.91 Å². The van der Waals surface area contributed by atoms with Crippen molar-refractivity contribution in [3.05, 3.63) is 46.7 Å². The van der Waals surface area contributed by atoms with E-state index in [-0.39, 0.29) is 19.0 Å². The second-order valence-electron chi connectivity index (χ2n) is 4.87. The van der Waals surface area contributed by atoms with Crippen LogP contribution in [-0.4, -0.2) is 46.3 Å². The van der Waals surface area contributed by atoms with E-state index in [1.54, 1.807) is 0 Å². The molecule has 2 unspecified atom stereocenters. The van der Waals surface area contributed by atoms with Gasteiger partial charge in [-0.15, -0.1) is 11.3 Å². The van der Waals surface area contributed by atoms with Gasteiger partial charge in [0.15, 0.2) is 0 Å². The van der Waals surface area contributed by atoms with E-state index < -0.39 is 12.2 Å². The first-order chi connectivity index (χ1) is 9.66. The number of carbonyl (C=O) groups is 1. The van der Waals surface area contributed by atoms with Crippen LogP contribution in [0.3, 0.4) is 0 Å². The molecule has 5 heteroatoms. The molecule has 1 aliphatic heterocycles. The Labute approximate surface area is 120 Å². The summed E-state index contributed by atoms with van der Waals surface area (Å²) in [6.07, 6.45) is -1.70. The molecule has 0 radical (unpaired) electrons. The molecule has 2 aromatic rings. The fourth-order valence-corrected chi connectivity index (χ4v) is 3.28. The van der Waals surface area contributed by atoms with E-state index in [1.807, 2.05) is 41.8 Å². The van der Waals surface area contributed by atoms with E-state index in [2.05, 4.69) is 0 Å².